The normalized spacial score (nSPS) is 10.7. The number of aliphatic imine (C=N–C) groups is 1. The zero-order valence-electron chi connectivity index (χ0n) is 7.30. The second-order valence-electron chi connectivity index (χ2n) is 2.69. The Hall–Kier alpha value is -0.530. The van der Waals surface area contributed by atoms with Gasteiger partial charge in [0.1, 0.15) is 0 Å². The minimum atomic E-state index is 0.978. The predicted molar refractivity (Wildman–Crippen MR) is 46.6 cm³/mol. The van der Waals surface area contributed by atoms with Crippen molar-refractivity contribution in [3.8, 4) is 0 Å². The van der Waals surface area contributed by atoms with Crippen molar-refractivity contribution in [1.82, 2.24) is 4.90 Å². The predicted octanol–water partition coefficient (Wildman–Crippen LogP) is 1.77. The van der Waals surface area contributed by atoms with Gasteiger partial charge in [0.25, 0.3) is 0 Å². The molecule has 0 amide bonds. The number of hydrogen-bond acceptors (Lipinski definition) is 1. The van der Waals surface area contributed by atoms with Crippen LogP contribution in [0.3, 0.4) is 0 Å². The Morgan fingerprint density at radius 1 is 1.30 bits per heavy atom. The molecule has 0 radical (unpaired) electrons. The highest BCUT2D eigenvalue weighted by molar-refractivity contribution is 5.53. The van der Waals surface area contributed by atoms with E-state index < -0.39 is 0 Å². The molecule has 0 aliphatic heterocycles. The highest BCUT2D eigenvalue weighted by Crippen LogP contribution is 1.92. The smallest absolute Gasteiger partial charge is 0.0844 e. The molecule has 0 spiro atoms. The summed E-state index contributed by atoms with van der Waals surface area (Å²) in [7, 11) is 3.98. The molecule has 0 aliphatic rings. The van der Waals surface area contributed by atoms with Crippen molar-refractivity contribution in [2.45, 2.75) is 26.2 Å². The Morgan fingerprint density at radius 2 is 2.00 bits per heavy atom. The lowest BCUT2D eigenvalue weighted by molar-refractivity contribution is 0.634. The molecule has 0 heterocycles. The lowest BCUT2D eigenvalue weighted by Gasteiger charge is -2.01. The van der Waals surface area contributed by atoms with E-state index in [9.17, 15) is 0 Å². The van der Waals surface area contributed by atoms with Crippen molar-refractivity contribution in [1.29, 1.82) is 0 Å². The van der Waals surface area contributed by atoms with Crippen LogP contribution < -0.4 is 0 Å². The van der Waals surface area contributed by atoms with Crippen molar-refractivity contribution >= 4 is 6.34 Å². The summed E-state index contributed by atoms with van der Waals surface area (Å²) in [5, 5.41) is 0. The third-order valence-electron chi connectivity index (χ3n) is 1.20. The maximum absolute atomic E-state index is 4.21. The standard InChI is InChI=1S/C8H18N2/c1-4-5-6-7-9-8-10(2)3/h8H,4-7H2,1-3H3. The molecule has 0 bridgehead atoms. The molecule has 2 nitrogen and oxygen atoms in total. The third-order valence-corrected chi connectivity index (χ3v) is 1.20. The Labute approximate surface area is 63.9 Å². The minimum absolute atomic E-state index is 0.978. The molecule has 10 heavy (non-hydrogen) atoms. The average Bonchev–Trinajstić information content (AvgIpc) is 1.87. The van der Waals surface area contributed by atoms with E-state index in [4.69, 9.17) is 0 Å². The van der Waals surface area contributed by atoms with Gasteiger partial charge in [-0.1, -0.05) is 19.8 Å². The Kier molecular flexibility index (Phi) is 6.24. The summed E-state index contributed by atoms with van der Waals surface area (Å²) in [5.41, 5.74) is 0. The van der Waals surface area contributed by atoms with Gasteiger partial charge < -0.3 is 4.90 Å². The molecule has 60 valence electrons. The Bertz CT molecular complexity index is 87.3. The summed E-state index contributed by atoms with van der Waals surface area (Å²) in [5.74, 6) is 0. The number of hydrogen-bond donors (Lipinski definition) is 0. The lowest BCUT2D eigenvalue weighted by atomic mass is 10.2. The molecule has 0 aromatic rings. The van der Waals surface area contributed by atoms with Gasteiger partial charge in [-0.3, -0.25) is 4.99 Å². The van der Waals surface area contributed by atoms with Crippen LogP contribution in [0.5, 0.6) is 0 Å². The summed E-state index contributed by atoms with van der Waals surface area (Å²) in [6, 6.07) is 0. The van der Waals surface area contributed by atoms with Gasteiger partial charge in [-0.05, 0) is 6.42 Å². The van der Waals surface area contributed by atoms with E-state index in [0.717, 1.165) is 6.54 Å². The molecule has 0 aliphatic carbocycles. The molecule has 0 fully saturated rings. The summed E-state index contributed by atoms with van der Waals surface area (Å²) >= 11 is 0. The monoisotopic (exact) mass is 142 g/mol. The van der Waals surface area contributed by atoms with Gasteiger partial charge in [0.15, 0.2) is 0 Å². The Morgan fingerprint density at radius 3 is 2.50 bits per heavy atom. The van der Waals surface area contributed by atoms with E-state index in [1.54, 1.807) is 0 Å². The van der Waals surface area contributed by atoms with Gasteiger partial charge in [0.2, 0.25) is 0 Å². The van der Waals surface area contributed by atoms with Gasteiger partial charge in [-0.25, -0.2) is 0 Å². The molecule has 0 unspecified atom stereocenters. The Balaban J connectivity index is 3.02. The highest BCUT2D eigenvalue weighted by Gasteiger charge is 1.81. The molecule has 0 rings (SSSR count). The van der Waals surface area contributed by atoms with Crippen molar-refractivity contribution in [2.75, 3.05) is 20.6 Å². The van der Waals surface area contributed by atoms with Gasteiger partial charge in [-0.2, -0.15) is 0 Å². The third kappa shape index (κ3) is 7.47. The quantitative estimate of drug-likeness (QED) is 0.324. The molecular weight excluding hydrogens is 124 g/mol. The summed E-state index contributed by atoms with van der Waals surface area (Å²) in [4.78, 5) is 6.17. The average molecular weight is 142 g/mol. The van der Waals surface area contributed by atoms with E-state index >= 15 is 0 Å². The van der Waals surface area contributed by atoms with Crippen molar-refractivity contribution in [2.24, 2.45) is 4.99 Å². The summed E-state index contributed by atoms with van der Waals surface area (Å²) < 4.78 is 0. The second-order valence-corrected chi connectivity index (χ2v) is 2.69. The first-order valence-corrected chi connectivity index (χ1v) is 3.93. The zero-order chi connectivity index (χ0) is 7.82. The molecule has 0 N–H and O–H groups in total. The maximum atomic E-state index is 4.21. The van der Waals surface area contributed by atoms with E-state index in [-0.39, 0.29) is 0 Å². The summed E-state index contributed by atoms with van der Waals surface area (Å²) in [6.45, 7) is 3.18. The van der Waals surface area contributed by atoms with Crippen LogP contribution >= 0.6 is 0 Å². The van der Waals surface area contributed by atoms with Crippen LogP contribution in [0.2, 0.25) is 0 Å². The van der Waals surface area contributed by atoms with Gasteiger partial charge in [0.05, 0.1) is 6.34 Å². The highest BCUT2D eigenvalue weighted by atomic mass is 15.1. The largest absolute Gasteiger partial charge is 0.369 e. The first-order chi connectivity index (χ1) is 4.77. The molecule has 0 atom stereocenters. The molecule has 0 saturated carbocycles. The van der Waals surface area contributed by atoms with E-state index in [2.05, 4.69) is 11.9 Å². The molecule has 0 aromatic carbocycles. The molecular formula is C8H18N2. The molecule has 2 heteroatoms. The minimum Gasteiger partial charge on any atom is -0.369 e. The number of unbranched alkanes of at least 4 members (excludes halogenated alkanes) is 2. The van der Waals surface area contributed by atoms with Crippen LogP contribution in [0, 0.1) is 0 Å². The fourth-order valence-electron chi connectivity index (χ4n) is 0.674. The van der Waals surface area contributed by atoms with Crippen molar-refractivity contribution < 1.29 is 0 Å². The van der Waals surface area contributed by atoms with Gasteiger partial charge >= 0.3 is 0 Å². The number of nitrogens with zero attached hydrogens (tertiary/aromatic N) is 2. The van der Waals surface area contributed by atoms with Crippen LogP contribution in [0.4, 0.5) is 0 Å². The molecule has 0 aromatic heterocycles. The second kappa shape index (κ2) is 6.59. The van der Waals surface area contributed by atoms with E-state index in [1.165, 1.54) is 19.3 Å². The lowest BCUT2D eigenvalue weighted by Crippen LogP contribution is -2.07. The first kappa shape index (κ1) is 9.47. The van der Waals surface area contributed by atoms with Crippen LogP contribution in [0.1, 0.15) is 26.2 Å². The zero-order valence-corrected chi connectivity index (χ0v) is 7.30. The summed E-state index contributed by atoms with van der Waals surface area (Å²) in [6.07, 6.45) is 5.67. The fourth-order valence-corrected chi connectivity index (χ4v) is 0.674. The van der Waals surface area contributed by atoms with Crippen LogP contribution in [0.15, 0.2) is 4.99 Å². The van der Waals surface area contributed by atoms with Crippen LogP contribution in [0.25, 0.3) is 0 Å². The van der Waals surface area contributed by atoms with Crippen LogP contribution in [-0.2, 0) is 0 Å². The van der Waals surface area contributed by atoms with Crippen LogP contribution in [-0.4, -0.2) is 31.9 Å². The number of rotatable bonds is 5. The molecule has 0 saturated heterocycles. The first-order valence-electron chi connectivity index (χ1n) is 3.93. The fraction of sp³-hybridized carbons (Fsp3) is 0.875. The maximum Gasteiger partial charge on any atom is 0.0844 e. The van der Waals surface area contributed by atoms with Gasteiger partial charge in [0, 0.05) is 20.6 Å². The van der Waals surface area contributed by atoms with E-state index in [1.807, 2.05) is 25.3 Å². The topological polar surface area (TPSA) is 15.6 Å². The van der Waals surface area contributed by atoms with E-state index in [0.29, 0.717) is 0 Å². The van der Waals surface area contributed by atoms with Crippen molar-refractivity contribution in [3.63, 3.8) is 0 Å². The SMILES string of the molecule is CCCCCN=CN(C)C. The van der Waals surface area contributed by atoms with Gasteiger partial charge in [-0.15, -0.1) is 0 Å². The van der Waals surface area contributed by atoms with Crippen molar-refractivity contribution in [3.05, 3.63) is 0 Å².